The largest absolute Gasteiger partial charge is 0.508 e. The SMILES string of the molecule is CC(c1ccccc1O)N(C)C(=O)C1(CN)CCOCC1. The smallest absolute Gasteiger partial charge is 0.230 e. The van der Waals surface area contributed by atoms with Crippen molar-refractivity contribution in [1.82, 2.24) is 4.90 Å². The van der Waals surface area contributed by atoms with E-state index < -0.39 is 5.41 Å². The minimum absolute atomic E-state index is 0.0315. The maximum atomic E-state index is 12.9. The maximum Gasteiger partial charge on any atom is 0.230 e. The molecule has 3 N–H and O–H groups in total. The molecule has 1 aliphatic rings. The Bertz CT molecular complexity index is 498. The molecule has 0 bridgehead atoms. The Balaban J connectivity index is 2.20. The Morgan fingerprint density at radius 3 is 2.62 bits per heavy atom. The number of hydrogen-bond acceptors (Lipinski definition) is 4. The van der Waals surface area contributed by atoms with Crippen molar-refractivity contribution in [2.45, 2.75) is 25.8 Å². The first kappa shape index (κ1) is 15.8. The zero-order valence-electron chi connectivity index (χ0n) is 12.7. The number of carbonyl (C=O) groups excluding carboxylic acids is 1. The fourth-order valence-corrected chi connectivity index (χ4v) is 2.87. The highest BCUT2D eigenvalue weighted by Gasteiger charge is 2.41. The molecule has 0 aromatic heterocycles. The number of benzene rings is 1. The molecule has 0 radical (unpaired) electrons. The van der Waals surface area contributed by atoms with Gasteiger partial charge >= 0.3 is 0 Å². The zero-order chi connectivity index (χ0) is 15.5. The lowest BCUT2D eigenvalue weighted by Gasteiger charge is -2.39. The number of aromatic hydroxyl groups is 1. The van der Waals surface area contributed by atoms with Crippen molar-refractivity contribution in [1.29, 1.82) is 0 Å². The molecule has 21 heavy (non-hydrogen) atoms. The van der Waals surface area contributed by atoms with Gasteiger partial charge in [-0.1, -0.05) is 18.2 Å². The van der Waals surface area contributed by atoms with Gasteiger partial charge in [-0.05, 0) is 25.8 Å². The molecule has 1 amide bonds. The van der Waals surface area contributed by atoms with Crippen LogP contribution in [0.5, 0.6) is 5.75 Å². The van der Waals surface area contributed by atoms with Crippen LogP contribution in [0.3, 0.4) is 0 Å². The highest BCUT2D eigenvalue weighted by atomic mass is 16.5. The van der Waals surface area contributed by atoms with Gasteiger partial charge < -0.3 is 20.5 Å². The topological polar surface area (TPSA) is 75.8 Å². The van der Waals surface area contributed by atoms with Crippen LogP contribution >= 0.6 is 0 Å². The van der Waals surface area contributed by atoms with E-state index in [0.717, 1.165) is 5.56 Å². The molecule has 5 nitrogen and oxygen atoms in total. The minimum Gasteiger partial charge on any atom is -0.508 e. The van der Waals surface area contributed by atoms with Crippen LogP contribution in [-0.4, -0.2) is 42.7 Å². The van der Waals surface area contributed by atoms with Gasteiger partial charge in [0.05, 0.1) is 11.5 Å². The predicted octanol–water partition coefficient (Wildman–Crippen LogP) is 1.67. The van der Waals surface area contributed by atoms with Crippen LogP contribution < -0.4 is 5.73 Å². The lowest BCUT2D eigenvalue weighted by molar-refractivity contribution is -0.147. The number of amides is 1. The van der Waals surface area contributed by atoms with Crippen molar-refractivity contribution >= 4 is 5.91 Å². The Kier molecular flexibility index (Phi) is 4.85. The molecule has 1 unspecified atom stereocenters. The van der Waals surface area contributed by atoms with E-state index in [1.165, 1.54) is 0 Å². The molecular formula is C16H24N2O3. The van der Waals surface area contributed by atoms with Crippen LogP contribution in [0.1, 0.15) is 31.4 Å². The van der Waals surface area contributed by atoms with E-state index in [1.54, 1.807) is 24.1 Å². The number of phenolic OH excluding ortho intramolecular Hbond substituents is 1. The van der Waals surface area contributed by atoms with Gasteiger partial charge in [0, 0.05) is 32.4 Å². The van der Waals surface area contributed by atoms with Gasteiger partial charge in [-0.25, -0.2) is 0 Å². The average molecular weight is 292 g/mol. The number of para-hydroxylation sites is 1. The molecule has 2 rings (SSSR count). The molecule has 0 aliphatic carbocycles. The number of nitrogens with zero attached hydrogens (tertiary/aromatic N) is 1. The molecule has 0 saturated carbocycles. The van der Waals surface area contributed by atoms with Gasteiger partial charge in [0.1, 0.15) is 5.75 Å². The first-order valence-corrected chi connectivity index (χ1v) is 7.35. The molecule has 1 aliphatic heterocycles. The fourth-order valence-electron chi connectivity index (χ4n) is 2.87. The molecule has 1 atom stereocenters. The Morgan fingerprint density at radius 2 is 2.05 bits per heavy atom. The Labute approximate surface area is 125 Å². The number of phenols is 1. The molecule has 1 saturated heterocycles. The number of nitrogens with two attached hydrogens (primary N) is 1. The first-order valence-electron chi connectivity index (χ1n) is 7.35. The van der Waals surface area contributed by atoms with Crippen molar-refractivity contribution in [2.75, 3.05) is 26.8 Å². The van der Waals surface area contributed by atoms with Crippen molar-refractivity contribution in [3.63, 3.8) is 0 Å². The van der Waals surface area contributed by atoms with Crippen molar-refractivity contribution in [3.05, 3.63) is 29.8 Å². The molecule has 1 heterocycles. The Hall–Kier alpha value is -1.59. The van der Waals surface area contributed by atoms with Crippen LogP contribution in [-0.2, 0) is 9.53 Å². The van der Waals surface area contributed by atoms with E-state index in [9.17, 15) is 9.90 Å². The summed E-state index contributed by atoms with van der Waals surface area (Å²) >= 11 is 0. The zero-order valence-corrected chi connectivity index (χ0v) is 12.7. The van der Waals surface area contributed by atoms with Crippen LogP contribution in [0, 0.1) is 5.41 Å². The third-order valence-corrected chi connectivity index (χ3v) is 4.58. The lowest BCUT2D eigenvalue weighted by atomic mass is 9.78. The molecule has 1 aromatic carbocycles. The van der Waals surface area contributed by atoms with Crippen molar-refractivity contribution < 1.29 is 14.6 Å². The minimum atomic E-state index is -0.536. The summed E-state index contributed by atoms with van der Waals surface area (Å²) in [5.74, 6) is 0.238. The van der Waals surface area contributed by atoms with Crippen molar-refractivity contribution in [2.24, 2.45) is 11.1 Å². The fraction of sp³-hybridized carbons (Fsp3) is 0.562. The highest BCUT2D eigenvalue weighted by Crippen LogP contribution is 2.35. The van der Waals surface area contributed by atoms with Gasteiger partial charge in [-0.15, -0.1) is 0 Å². The number of hydrogen-bond donors (Lipinski definition) is 2. The summed E-state index contributed by atoms with van der Waals surface area (Å²) in [5, 5.41) is 9.96. The molecule has 1 aromatic rings. The van der Waals surface area contributed by atoms with E-state index in [4.69, 9.17) is 10.5 Å². The van der Waals surface area contributed by atoms with Gasteiger partial charge in [0.2, 0.25) is 5.91 Å². The maximum absolute atomic E-state index is 12.9. The second-order valence-corrected chi connectivity index (χ2v) is 5.75. The van der Waals surface area contributed by atoms with Gasteiger partial charge in [-0.3, -0.25) is 4.79 Å². The molecule has 0 spiro atoms. The first-order chi connectivity index (χ1) is 10.0. The summed E-state index contributed by atoms with van der Waals surface area (Å²) in [4.78, 5) is 14.6. The summed E-state index contributed by atoms with van der Waals surface area (Å²) in [6, 6.07) is 6.90. The average Bonchev–Trinajstić information content (AvgIpc) is 2.54. The van der Waals surface area contributed by atoms with Crippen LogP contribution in [0.25, 0.3) is 0 Å². The van der Waals surface area contributed by atoms with Crippen LogP contribution in [0.4, 0.5) is 0 Å². The second kappa shape index (κ2) is 6.45. The normalized spacial score (nSPS) is 19.0. The quantitative estimate of drug-likeness (QED) is 0.885. The number of ether oxygens (including phenoxy) is 1. The van der Waals surface area contributed by atoms with Crippen LogP contribution in [0.2, 0.25) is 0 Å². The third kappa shape index (κ3) is 3.04. The Morgan fingerprint density at radius 1 is 1.43 bits per heavy atom. The van der Waals surface area contributed by atoms with E-state index in [1.807, 2.05) is 19.1 Å². The van der Waals surface area contributed by atoms with Gasteiger partial charge in [0.25, 0.3) is 0 Å². The second-order valence-electron chi connectivity index (χ2n) is 5.75. The highest BCUT2D eigenvalue weighted by molar-refractivity contribution is 5.83. The van der Waals surface area contributed by atoms with Gasteiger partial charge in [0.15, 0.2) is 0 Å². The molecule has 5 heteroatoms. The monoisotopic (exact) mass is 292 g/mol. The van der Waals surface area contributed by atoms with E-state index in [0.29, 0.717) is 32.6 Å². The summed E-state index contributed by atoms with van der Waals surface area (Å²) in [5.41, 5.74) is 6.10. The summed E-state index contributed by atoms with van der Waals surface area (Å²) in [6.45, 7) is 3.38. The summed E-state index contributed by atoms with van der Waals surface area (Å²) in [7, 11) is 1.77. The predicted molar refractivity (Wildman–Crippen MR) is 80.8 cm³/mol. The number of rotatable bonds is 4. The van der Waals surface area contributed by atoms with Crippen LogP contribution in [0.15, 0.2) is 24.3 Å². The van der Waals surface area contributed by atoms with E-state index in [2.05, 4.69) is 0 Å². The molecule has 1 fully saturated rings. The van der Waals surface area contributed by atoms with E-state index in [-0.39, 0.29) is 17.7 Å². The standard InChI is InChI=1S/C16H24N2O3/c1-12(13-5-3-4-6-14(13)19)18(2)15(20)16(11-17)7-9-21-10-8-16/h3-6,12,19H,7-11,17H2,1-2H3. The van der Waals surface area contributed by atoms with Crippen molar-refractivity contribution in [3.8, 4) is 5.75 Å². The van der Waals surface area contributed by atoms with E-state index >= 15 is 0 Å². The van der Waals surface area contributed by atoms with Gasteiger partial charge in [-0.2, -0.15) is 0 Å². The summed E-state index contributed by atoms with van der Waals surface area (Å²) in [6.07, 6.45) is 1.31. The molecular weight excluding hydrogens is 268 g/mol. The molecule has 116 valence electrons. The summed E-state index contributed by atoms with van der Waals surface area (Å²) < 4.78 is 5.35. The lowest BCUT2D eigenvalue weighted by Crippen LogP contribution is -2.50. The number of carbonyl (C=O) groups is 1. The third-order valence-electron chi connectivity index (χ3n) is 4.58.